The Hall–Kier alpha value is -3.61. The molecule has 0 saturated heterocycles. The van der Waals surface area contributed by atoms with Gasteiger partial charge in [0, 0.05) is 23.3 Å². The molecule has 1 heterocycles. The molecule has 0 N–H and O–H groups in total. The number of ether oxygens (including phenoxy) is 1. The van der Waals surface area contributed by atoms with E-state index in [0.717, 1.165) is 41.3 Å². The Kier molecular flexibility index (Phi) is 8.47. The first-order valence-electron chi connectivity index (χ1n) is 11.1. The second-order valence-electron chi connectivity index (χ2n) is 7.52. The molecule has 0 spiro atoms. The summed E-state index contributed by atoms with van der Waals surface area (Å²) in [5.41, 5.74) is 5.75. The molecule has 0 radical (unpaired) electrons. The maximum atomic E-state index is 9.75. The lowest BCUT2D eigenvalue weighted by Crippen LogP contribution is -2.19. The summed E-state index contributed by atoms with van der Waals surface area (Å²) in [5.74, 6) is 1.74. The Balaban J connectivity index is 0.000000588. The lowest BCUT2D eigenvalue weighted by molar-refractivity contribution is -0.519. The van der Waals surface area contributed by atoms with Crippen LogP contribution in [0.4, 0.5) is 17.3 Å². The Morgan fingerprint density at radius 3 is 1.44 bits per heavy atom. The molecule has 0 unspecified atom stereocenters. The van der Waals surface area contributed by atoms with Gasteiger partial charge in [0.1, 0.15) is 24.6 Å². The van der Waals surface area contributed by atoms with Crippen molar-refractivity contribution in [2.24, 2.45) is 0 Å². The van der Waals surface area contributed by atoms with Gasteiger partial charge in [0.15, 0.2) is 5.71 Å². The van der Waals surface area contributed by atoms with E-state index in [9.17, 15) is 17.3 Å². The molecule has 2 aromatic carbocycles. The van der Waals surface area contributed by atoms with Crippen molar-refractivity contribution >= 4 is 24.5 Å². The van der Waals surface area contributed by atoms with Crippen LogP contribution in [0.5, 0.6) is 0 Å². The van der Waals surface area contributed by atoms with Gasteiger partial charge >= 0.3 is 7.25 Å². The zero-order valence-corrected chi connectivity index (χ0v) is 19.1. The summed E-state index contributed by atoms with van der Waals surface area (Å²) in [6, 6.07) is 20.5. The van der Waals surface area contributed by atoms with Crippen molar-refractivity contribution in [2.75, 3.05) is 13.1 Å². The lowest BCUT2D eigenvalue weighted by atomic mass is 9.97. The van der Waals surface area contributed by atoms with Crippen LogP contribution in [0.15, 0.2) is 108 Å². The van der Waals surface area contributed by atoms with Gasteiger partial charge in [-0.2, -0.15) is 0 Å². The number of hydrogen-bond acceptors (Lipinski definition) is 1. The van der Waals surface area contributed by atoms with Gasteiger partial charge in [0.05, 0.1) is 0 Å². The molecule has 1 aliphatic heterocycles. The fourth-order valence-electron chi connectivity index (χ4n) is 3.61. The molecule has 0 aromatic heterocycles. The van der Waals surface area contributed by atoms with Gasteiger partial charge in [-0.3, -0.25) is 0 Å². The minimum Gasteiger partial charge on any atom is -0.456 e. The molecule has 0 amide bonds. The molecule has 2 nitrogen and oxygen atoms in total. The summed E-state index contributed by atoms with van der Waals surface area (Å²) in [4.78, 5) is 0. The Labute approximate surface area is 197 Å². The number of benzene rings is 2. The third-order valence-electron chi connectivity index (χ3n) is 5.24. The number of allylic oxidation sites excluding steroid dienone is 8. The normalized spacial score (nSPS) is 15.2. The largest absolute Gasteiger partial charge is 0.673 e. The molecular formula is C27H26BF4NO. The highest BCUT2D eigenvalue weighted by molar-refractivity contribution is 6.50. The predicted molar refractivity (Wildman–Crippen MR) is 132 cm³/mol. The summed E-state index contributed by atoms with van der Waals surface area (Å²) in [6.45, 7) is 6.40. The van der Waals surface area contributed by atoms with Crippen molar-refractivity contribution in [3.63, 3.8) is 0 Å². The molecule has 0 atom stereocenters. The van der Waals surface area contributed by atoms with E-state index in [4.69, 9.17) is 4.74 Å². The average Bonchev–Trinajstić information content (AvgIpc) is 2.85. The lowest BCUT2D eigenvalue weighted by Gasteiger charge is -2.20. The van der Waals surface area contributed by atoms with E-state index >= 15 is 0 Å². The first-order chi connectivity index (χ1) is 16.3. The highest BCUT2D eigenvalue weighted by Crippen LogP contribution is 2.33. The van der Waals surface area contributed by atoms with Crippen LogP contribution in [0.1, 0.15) is 25.0 Å². The van der Waals surface area contributed by atoms with Crippen LogP contribution in [0, 0.1) is 0 Å². The van der Waals surface area contributed by atoms with Gasteiger partial charge in [0.25, 0.3) is 0 Å². The van der Waals surface area contributed by atoms with Crippen molar-refractivity contribution in [3.05, 3.63) is 119 Å². The van der Waals surface area contributed by atoms with E-state index in [-0.39, 0.29) is 0 Å². The Morgan fingerprint density at radius 2 is 1.06 bits per heavy atom. The van der Waals surface area contributed by atoms with Gasteiger partial charge in [-0.15, -0.1) is 0 Å². The smallest absolute Gasteiger partial charge is 0.456 e. The summed E-state index contributed by atoms with van der Waals surface area (Å²) >= 11 is 0. The number of rotatable bonds is 4. The van der Waals surface area contributed by atoms with E-state index in [1.165, 1.54) is 11.3 Å². The van der Waals surface area contributed by atoms with E-state index in [1.54, 1.807) is 0 Å². The van der Waals surface area contributed by atoms with E-state index < -0.39 is 7.25 Å². The third-order valence-corrected chi connectivity index (χ3v) is 5.24. The minimum absolute atomic E-state index is 0.870. The number of nitrogens with zero attached hydrogens (tertiary/aromatic N) is 1. The van der Waals surface area contributed by atoms with Crippen LogP contribution in [0.25, 0.3) is 11.5 Å². The first kappa shape index (κ1) is 25.0. The molecule has 7 heteroatoms. The Bertz CT molecular complexity index is 1090. The molecule has 2 aliphatic rings. The van der Waals surface area contributed by atoms with Crippen LogP contribution in [-0.2, 0) is 4.74 Å². The monoisotopic (exact) mass is 467 g/mol. The molecular weight excluding hydrogens is 441 g/mol. The summed E-state index contributed by atoms with van der Waals surface area (Å²) in [7, 11) is -6.00. The first-order valence-corrected chi connectivity index (χ1v) is 11.1. The van der Waals surface area contributed by atoms with Crippen molar-refractivity contribution < 1.29 is 26.6 Å². The molecule has 1 aliphatic carbocycles. The van der Waals surface area contributed by atoms with E-state index in [2.05, 4.69) is 79.1 Å². The van der Waals surface area contributed by atoms with Crippen LogP contribution in [0.3, 0.4) is 0 Å². The van der Waals surface area contributed by atoms with Gasteiger partial charge in [0.2, 0.25) is 0 Å². The van der Waals surface area contributed by atoms with Gasteiger partial charge < -0.3 is 22.0 Å². The highest BCUT2D eigenvalue weighted by Gasteiger charge is 2.20. The van der Waals surface area contributed by atoms with Gasteiger partial charge in [-0.05, 0) is 49.3 Å². The third kappa shape index (κ3) is 7.20. The van der Waals surface area contributed by atoms with Crippen molar-refractivity contribution in [1.82, 2.24) is 0 Å². The van der Waals surface area contributed by atoms with Gasteiger partial charge in [-0.1, -0.05) is 60.7 Å². The SMILES string of the molecule is CC[N+](CC)=C1C=CC(=C2C=C(c3ccccc3)OC(c3ccccc3)=C2)C=C1.F[B-](F)(F)F. The summed E-state index contributed by atoms with van der Waals surface area (Å²) in [6.07, 6.45) is 13.1. The molecule has 2 aromatic rings. The summed E-state index contributed by atoms with van der Waals surface area (Å²) in [5, 5.41) is 0. The topological polar surface area (TPSA) is 12.2 Å². The average molecular weight is 467 g/mol. The quantitative estimate of drug-likeness (QED) is 0.261. The zero-order chi connectivity index (χ0) is 24.6. The van der Waals surface area contributed by atoms with Crippen LogP contribution in [0.2, 0.25) is 0 Å². The fourth-order valence-corrected chi connectivity index (χ4v) is 3.61. The molecule has 0 fully saturated rings. The van der Waals surface area contributed by atoms with Crippen LogP contribution < -0.4 is 0 Å². The van der Waals surface area contributed by atoms with E-state index in [1.807, 2.05) is 36.4 Å². The second kappa shape index (κ2) is 11.5. The maximum absolute atomic E-state index is 9.75. The minimum atomic E-state index is -6.00. The predicted octanol–water partition coefficient (Wildman–Crippen LogP) is 7.31. The van der Waals surface area contributed by atoms with Gasteiger partial charge in [-0.25, -0.2) is 4.58 Å². The molecule has 34 heavy (non-hydrogen) atoms. The molecule has 4 rings (SSSR count). The van der Waals surface area contributed by atoms with Crippen molar-refractivity contribution in [1.29, 1.82) is 0 Å². The summed E-state index contributed by atoms with van der Waals surface area (Å²) < 4.78 is 47.7. The standard InChI is InChI=1S/C27H26NO.BF4/c1-3-28(4-2)25-17-15-21(16-18-25)24-19-26(22-11-7-5-8-12-22)29-27(20-24)23-13-9-6-10-14-23;2-1(3,4)5/h5-20H,3-4H2,1-2H3;/q+1;-1. The van der Waals surface area contributed by atoms with Crippen molar-refractivity contribution in [2.45, 2.75) is 13.8 Å². The van der Waals surface area contributed by atoms with E-state index in [0.29, 0.717) is 0 Å². The fraction of sp³-hybridized carbons (Fsp3) is 0.148. The number of hydrogen-bond donors (Lipinski definition) is 0. The highest BCUT2D eigenvalue weighted by atomic mass is 19.5. The van der Waals surface area contributed by atoms with Crippen molar-refractivity contribution in [3.8, 4) is 0 Å². The molecule has 176 valence electrons. The second-order valence-corrected chi connectivity index (χ2v) is 7.52. The zero-order valence-electron chi connectivity index (χ0n) is 19.1. The van der Waals surface area contributed by atoms with Crippen LogP contribution >= 0.6 is 0 Å². The molecule has 0 bridgehead atoms. The van der Waals surface area contributed by atoms with Crippen LogP contribution in [-0.4, -0.2) is 30.6 Å². The maximum Gasteiger partial charge on any atom is 0.673 e. The Morgan fingerprint density at radius 1 is 0.647 bits per heavy atom. The molecule has 0 saturated carbocycles. The number of halogens is 4.